The Morgan fingerprint density at radius 3 is 2.12 bits per heavy atom. The second kappa shape index (κ2) is 11.8. The van der Waals surface area contributed by atoms with Crippen LogP contribution in [0.2, 0.25) is 0 Å². The monoisotopic (exact) mass is 473 g/mol. The first-order chi connectivity index (χ1) is 15.6. The lowest BCUT2D eigenvalue weighted by Crippen LogP contribution is -2.53. The lowest BCUT2D eigenvalue weighted by Gasteiger charge is -2.33. The fourth-order valence-electron chi connectivity index (χ4n) is 3.73. The summed E-state index contributed by atoms with van der Waals surface area (Å²) in [5, 5.41) is 2.88. The molecule has 2 aromatic rings. The van der Waals surface area contributed by atoms with Crippen LogP contribution in [-0.4, -0.2) is 50.0 Å². The topological polar surface area (TPSA) is 86.8 Å². The molecule has 0 aromatic heterocycles. The Morgan fingerprint density at radius 1 is 0.970 bits per heavy atom. The lowest BCUT2D eigenvalue weighted by atomic mass is 10.1. The van der Waals surface area contributed by atoms with Crippen LogP contribution in [0.4, 0.5) is 5.69 Å². The molecule has 2 rings (SSSR count). The molecule has 0 unspecified atom stereocenters. The van der Waals surface area contributed by atoms with Crippen molar-refractivity contribution in [3.05, 3.63) is 65.7 Å². The van der Waals surface area contributed by atoms with Crippen LogP contribution in [-0.2, 0) is 32.6 Å². The molecule has 0 fully saturated rings. The van der Waals surface area contributed by atoms with Gasteiger partial charge >= 0.3 is 0 Å². The van der Waals surface area contributed by atoms with E-state index in [4.69, 9.17) is 0 Å². The van der Waals surface area contributed by atoms with Crippen LogP contribution in [0.1, 0.15) is 45.2 Å². The van der Waals surface area contributed by atoms with Crippen LogP contribution in [0.3, 0.4) is 0 Å². The molecule has 0 saturated carbocycles. The Hall–Kier alpha value is -2.87. The van der Waals surface area contributed by atoms with Crippen molar-refractivity contribution in [3.63, 3.8) is 0 Å². The Balaban J connectivity index is 2.45. The predicted molar refractivity (Wildman–Crippen MR) is 132 cm³/mol. The average Bonchev–Trinajstić information content (AvgIpc) is 2.76. The second-order valence-electron chi connectivity index (χ2n) is 8.35. The van der Waals surface area contributed by atoms with E-state index < -0.39 is 22.0 Å². The number of hydrogen-bond donors (Lipinski definition) is 1. The number of benzene rings is 2. The van der Waals surface area contributed by atoms with Gasteiger partial charge in [-0.25, -0.2) is 8.42 Å². The van der Waals surface area contributed by atoms with Crippen molar-refractivity contribution in [1.82, 2.24) is 10.2 Å². The third-order valence-corrected chi connectivity index (χ3v) is 6.46. The van der Waals surface area contributed by atoms with Gasteiger partial charge in [-0.05, 0) is 43.9 Å². The van der Waals surface area contributed by atoms with Crippen molar-refractivity contribution in [2.45, 2.75) is 59.2 Å². The van der Waals surface area contributed by atoms with Crippen molar-refractivity contribution < 1.29 is 18.0 Å². The van der Waals surface area contributed by atoms with E-state index in [0.29, 0.717) is 18.5 Å². The number of nitrogens with zero attached hydrogens (tertiary/aromatic N) is 2. The van der Waals surface area contributed by atoms with Crippen molar-refractivity contribution >= 4 is 27.5 Å². The second-order valence-corrected chi connectivity index (χ2v) is 10.3. The number of hydrogen-bond acceptors (Lipinski definition) is 4. The fraction of sp³-hybridized carbons (Fsp3) is 0.440. The largest absolute Gasteiger partial charge is 0.352 e. The summed E-state index contributed by atoms with van der Waals surface area (Å²) in [5.41, 5.74) is 2.17. The number of rotatable bonds is 11. The average molecular weight is 474 g/mol. The summed E-state index contributed by atoms with van der Waals surface area (Å²) >= 11 is 0. The minimum absolute atomic E-state index is 0.0795. The van der Waals surface area contributed by atoms with E-state index in [0.717, 1.165) is 21.7 Å². The molecule has 0 saturated heterocycles. The normalized spacial score (nSPS) is 12.3. The molecule has 180 valence electrons. The van der Waals surface area contributed by atoms with E-state index in [1.807, 2.05) is 70.2 Å². The van der Waals surface area contributed by atoms with Gasteiger partial charge < -0.3 is 10.2 Å². The summed E-state index contributed by atoms with van der Waals surface area (Å²) in [7, 11) is -3.74. The zero-order chi connectivity index (χ0) is 24.6. The molecule has 0 aliphatic carbocycles. The third-order valence-electron chi connectivity index (χ3n) is 5.33. The molecule has 8 heteroatoms. The van der Waals surface area contributed by atoms with E-state index in [1.165, 1.54) is 4.90 Å². The molecule has 2 aromatic carbocycles. The molecule has 0 heterocycles. The van der Waals surface area contributed by atoms with Crippen molar-refractivity contribution in [2.75, 3.05) is 17.1 Å². The standard InChI is InChI=1S/C25H35N3O4S/c1-6-21-15-11-12-16-23(21)28(33(5,31)32)18-24(29)27(17-20-13-9-8-10-14-20)22(7-2)25(30)26-19(3)4/h8-16,19,22H,6-7,17-18H2,1-5H3,(H,26,30)/t22-/m0/s1. The highest BCUT2D eigenvalue weighted by Crippen LogP contribution is 2.24. The van der Waals surface area contributed by atoms with Crippen molar-refractivity contribution in [2.24, 2.45) is 0 Å². The minimum Gasteiger partial charge on any atom is -0.352 e. The van der Waals surface area contributed by atoms with Gasteiger partial charge in [0.25, 0.3) is 0 Å². The van der Waals surface area contributed by atoms with Gasteiger partial charge in [0.2, 0.25) is 21.8 Å². The van der Waals surface area contributed by atoms with Crippen LogP contribution in [0, 0.1) is 0 Å². The maximum absolute atomic E-state index is 13.6. The van der Waals surface area contributed by atoms with E-state index in [-0.39, 0.29) is 25.0 Å². The zero-order valence-corrected chi connectivity index (χ0v) is 20.9. The summed E-state index contributed by atoms with van der Waals surface area (Å²) < 4.78 is 26.6. The highest BCUT2D eigenvalue weighted by molar-refractivity contribution is 7.92. The molecule has 2 amide bonds. The van der Waals surface area contributed by atoms with E-state index in [1.54, 1.807) is 12.1 Å². The number of nitrogens with one attached hydrogen (secondary N) is 1. The summed E-state index contributed by atoms with van der Waals surface area (Å²) in [5.74, 6) is -0.683. The quantitative estimate of drug-likeness (QED) is 0.542. The van der Waals surface area contributed by atoms with Gasteiger partial charge in [0, 0.05) is 12.6 Å². The van der Waals surface area contributed by atoms with Gasteiger partial charge in [-0.3, -0.25) is 13.9 Å². The lowest BCUT2D eigenvalue weighted by molar-refractivity contribution is -0.140. The van der Waals surface area contributed by atoms with Crippen molar-refractivity contribution in [3.8, 4) is 0 Å². The first-order valence-corrected chi connectivity index (χ1v) is 13.1. The highest BCUT2D eigenvalue weighted by atomic mass is 32.2. The number of amides is 2. The fourth-order valence-corrected chi connectivity index (χ4v) is 4.61. The number of sulfonamides is 1. The van der Waals surface area contributed by atoms with Gasteiger partial charge in [-0.1, -0.05) is 62.4 Å². The van der Waals surface area contributed by atoms with E-state index >= 15 is 0 Å². The molecule has 0 aliphatic heterocycles. The molecule has 0 bridgehead atoms. The highest BCUT2D eigenvalue weighted by Gasteiger charge is 2.32. The third kappa shape index (κ3) is 7.32. The van der Waals surface area contributed by atoms with Gasteiger partial charge in [-0.15, -0.1) is 0 Å². The number of anilines is 1. The van der Waals surface area contributed by atoms with Gasteiger partial charge in [0.05, 0.1) is 11.9 Å². The van der Waals surface area contributed by atoms with Gasteiger partial charge in [0.1, 0.15) is 12.6 Å². The SMILES string of the molecule is CCc1ccccc1N(CC(=O)N(Cc1ccccc1)[C@@H](CC)C(=O)NC(C)C)S(C)(=O)=O. The Morgan fingerprint density at radius 2 is 1.58 bits per heavy atom. The number of para-hydroxylation sites is 1. The molecule has 1 atom stereocenters. The molecular formula is C25H35N3O4S. The Labute approximate surface area is 197 Å². The Kier molecular flexibility index (Phi) is 9.46. The molecular weight excluding hydrogens is 438 g/mol. The van der Waals surface area contributed by atoms with Crippen molar-refractivity contribution in [1.29, 1.82) is 0 Å². The molecule has 1 N–H and O–H groups in total. The number of carbonyl (C=O) groups excluding carboxylic acids is 2. The molecule has 0 radical (unpaired) electrons. The maximum atomic E-state index is 13.6. The van der Waals surface area contributed by atoms with Gasteiger partial charge in [0.15, 0.2) is 0 Å². The maximum Gasteiger partial charge on any atom is 0.244 e. The first-order valence-electron chi connectivity index (χ1n) is 11.3. The molecule has 7 nitrogen and oxygen atoms in total. The summed E-state index contributed by atoms with van der Waals surface area (Å²) in [6.45, 7) is 7.33. The predicted octanol–water partition coefficient (Wildman–Crippen LogP) is 3.35. The van der Waals surface area contributed by atoms with Crippen LogP contribution < -0.4 is 9.62 Å². The summed E-state index contributed by atoms with van der Waals surface area (Å²) in [6.07, 6.45) is 2.12. The van der Waals surface area contributed by atoms with Crippen LogP contribution >= 0.6 is 0 Å². The van der Waals surface area contributed by atoms with E-state index in [9.17, 15) is 18.0 Å². The van der Waals surface area contributed by atoms with Crippen LogP contribution in [0.25, 0.3) is 0 Å². The molecule has 0 aliphatic rings. The summed E-state index contributed by atoms with van der Waals surface area (Å²) in [6, 6.07) is 15.7. The summed E-state index contributed by atoms with van der Waals surface area (Å²) in [4.78, 5) is 28.0. The van der Waals surface area contributed by atoms with Gasteiger partial charge in [-0.2, -0.15) is 0 Å². The van der Waals surface area contributed by atoms with E-state index in [2.05, 4.69) is 5.32 Å². The number of carbonyl (C=O) groups is 2. The molecule has 0 spiro atoms. The number of aryl methyl sites for hydroxylation is 1. The zero-order valence-electron chi connectivity index (χ0n) is 20.1. The van der Waals surface area contributed by atoms with Crippen LogP contribution in [0.5, 0.6) is 0 Å². The molecule has 33 heavy (non-hydrogen) atoms. The first kappa shape index (κ1) is 26.4. The minimum atomic E-state index is -3.74. The van der Waals surface area contributed by atoms with Crippen LogP contribution in [0.15, 0.2) is 54.6 Å². The smallest absolute Gasteiger partial charge is 0.244 e. The Bertz CT molecular complexity index is 1040.